The Morgan fingerprint density at radius 3 is 1.69 bits per heavy atom. The van der Waals surface area contributed by atoms with Crippen LogP contribution in [-0.2, 0) is 0 Å². The summed E-state index contributed by atoms with van der Waals surface area (Å²) in [5, 5.41) is 6.92. The molecule has 1 aromatic heterocycles. The highest BCUT2D eigenvalue weighted by molar-refractivity contribution is 6.20. The van der Waals surface area contributed by atoms with Crippen LogP contribution in [-0.4, -0.2) is 0 Å². The second-order valence-electron chi connectivity index (χ2n) is 14.8. The summed E-state index contributed by atoms with van der Waals surface area (Å²) in [5.74, 6) is 0. The molecule has 0 amide bonds. The highest BCUT2D eigenvalue weighted by Gasteiger charge is 2.22. The van der Waals surface area contributed by atoms with Crippen molar-refractivity contribution in [3.63, 3.8) is 0 Å². The molecule has 0 bridgehead atoms. The van der Waals surface area contributed by atoms with Gasteiger partial charge in [-0.25, -0.2) is 0 Å². The Morgan fingerprint density at radius 2 is 0.897 bits per heavy atom. The molecule has 11 aromatic rings. The second kappa shape index (κ2) is 14.1. The Labute approximate surface area is 337 Å². The molecule has 58 heavy (non-hydrogen) atoms. The van der Waals surface area contributed by atoms with Crippen molar-refractivity contribution in [2.24, 2.45) is 0 Å². The van der Waals surface area contributed by atoms with Crippen LogP contribution in [0.3, 0.4) is 0 Å². The Kier molecular flexibility index (Phi) is 8.19. The van der Waals surface area contributed by atoms with E-state index in [2.05, 4.69) is 229 Å². The standard InChI is InChI=1S/C56H37NO/c1-3-15-39(16-4-1)45-35-32-43(37-51(45)41-17-5-2-6-18-41)38-29-33-44(34-30-38)57(52-27-13-21-40-19-7-9-22-46(40)52)53-26-12-11-24-48(53)49-25-14-28-54-55(49)50-36-31-42-20-8-10-23-47(42)56(50)58-54/h1-37H. The van der Waals surface area contributed by atoms with Gasteiger partial charge in [-0.05, 0) is 92.2 Å². The average molecular weight is 740 g/mol. The highest BCUT2D eigenvalue weighted by atomic mass is 16.3. The minimum absolute atomic E-state index is 0.882. The number of anilines is 3. The van der Waals surface area contributed by atoms with Crippen molar-refractivity contribution in [3.05, 3.63) is 224 Å². The number of hydrogen-bond acceptors (Lipinski definition) is 2. The first kappa shape index (κ1) is 33.6. The van der Waals surface area contributed by atoms with Crippen molar-refractivity contribution in [1.82, 2.24) is 0 Å². The molecule has 272 valence electrons. The molecule has 0 aliphatic carbocycles. The second-order valence-corrected chi connectivity index (χ2v) is 14.8. The third kappa shape index (κ3) is 5.74. The molecular weight excluding hydrogens is 703 g/mol. The minimum atomic E-state index is 0.882. The van der Waals surface area contributed by atoms with Gasteiger partial charge in [0.2, 0.25) is 0 Å². The van der Waals surface area contributed by atoms with Crippen molar-refractivity contribution in [1.29, 1.82) is 0 Å². The van der Waals surface area contributed by atoms with E-state index in [4.69, 9.17) is 4.42 Å². The molecule has 1 heterocycles. The van der Waals surface area contributed by atoms with Gasteiger partial charge in [-0.15, -0.1) is 0 Å². The molecule has 10 aromatic carbocycles. The van der Waals surface area contributed by atoms with Gasteiger partial charge in [0.25, 0.3) is 0 Å². The molecule has 2 heteroatoms. The largest absolute Gasteiger partial charge is 0.455 e. The van der Waals surface area contributed by atoms with E-state index in [-0.39, 0.29) is 0 Å². The zero-order valence-electron chi connectivity index (χ0n) is 31.7. The molecule has 0 atom stereocenters. The SMILES string of the molecule is c1ccc(-c2ccc(-c3ccc(N(c4ccccc4-c4cccc5oc6c7ccccc7ccc6c45)c4cccc5ccccc45)cc3)cc2-c2ccccc2)cc1. The van der Waals surface area contributed by atoms with E-state index in [1.807, 2.05) is 0 Å². The lowest BCUT2D eigenvalue weighted by atomic mass is 9.91. The van der Waals surface area contributed by atoms with Gasteiger partial charge in [-0.1, -0.05) is 182 Å². The van der Waals surface area contributed by atoms with Gasteiger partial charge in [0.1, 0.15) is 11.2 Å². The minimum Gasteiger partial charge on any atom is -0.455 e. The monoisotopic (exact) mass is 739 g/mol. The first-order chi connectivity index (χ1) is 28.8. The molecule has 0 radical (unpaired) electrons. The van der Waals surface area contributed by atoms with E-state index in [1.54, 1.807) is 0 Å². The molecule has 0 aliphatic rings. The first-order valence-electron chi connectivity index (χ1n) is 19.8. The fraction of sp³-hybridized carbons (Fsp3) is 0. The summed E-state index contributed by atoms with van der Waals surface area (Å²) in [6.45, 7) is 0. The van der Waals surface area contributed by atoms with Crippen LogP contribution in [0.25, 0.3) is 88.0 Å². The molecule has 0 N–H and O–H groups in total. The topological polar surface area (TPSA) is 16.4 Å². The average Bonchev–Trinajstić information content (AvgIpc) is 3.70. The fourth-order valence-corrected chi connectivity index (χ4v) is 8.74. The molecule has 0 saturated carbocycles. The smallest absolute Gasteiger partial charge is 0.143 e. The Hall–Kier alpha value is -7.68. The van der Waals surface area contributed by atoms with E-state index in [1.165, 1.54) is 44.0 Å². The van der Waals surface area contributed by atoms with Crippen molar-refractivity contribution >= 4 is 60.5 Å². The number of benzene rings is 10. The maximum Gasteiger partial charge on any atom is 0.143 e. The van der Waals surface area contributed by atoms with E-state index < -0.39 is 0 Å². The van der Waals surface area contributed by atoms with Gasteiger partial charge in [0.05, 0.1) is 11.4 Å². The van der Waals surface area contributed by atoms with Crippen molar-refractivity contribution in [2.75, 3.05) is 4.90 Å². The van der Waals surface area contributed by atoms with Gasteiger partial charge >= 0.3 is 0 Å². The normalized spacial score (nSPS) is 11.4. The van der Waals surface area contributed by atoms with Gasteiger partial charge in [0, 0.05) is 32.8 Å². The lowest BCUT2D eigenvalue weighted by Gasteiger charge is -2.29. The molecule has 0 spiro atoms. The Morgan fingerprint density at radius 1 is 0.310 bits per heavy atom. The number of rotatable bonds is 7. The van der Waals surface area contributed by atoms with Crippen LogP contribution in [0.15, 0.2) is 229 Å². The lowest BCUT2D eigenvalue weighted by molar-refractivity contribution is 0.673. The lowest BCUT2D eigenvalue weighted by Crippen LogP contribution is -2.11. The third-order valence-electron chi connectivity index (χ3n) is 11.5. The molecule has 2 nitrogen and oxygen atoms in total. The number of furan rings is 1. The summed E-state index contributed by atoms with van der Waals surface area (Å²) in [4.78, 5) is 2.42. The zero-order valence-corrected chi connectivity index (χ0v) is 31.7. The van der Waals surface area contributed by atoms with Crippen LogP contribution >= 0.6 is 0 Å². The van der Waals surface area contributed by atoms with E-state index >= 15 is 0 Å². The van der Waals surface area contributed by atoms with Crippen molar-refractivity contribution in [2.45, 2.75) is 0 Å². The highest BCUT2D eigenvalue weighted by Crippen LogP contribution is 2.47. The predicted octanol–water partition coefficient (Wildman–Crippen LogP) is 16.0. The molecule has 0 fully saturated rings. The maximum absolute atomic E-state index is 6.67. The summed E-state index contributed by atoms with van der Waals surface area (Å²) in [5.41, 5.74) is 14.5. The van der Waals surface area contributed by atoms with Gasteiger partial charge < -0.3 is 9.32 Å². The summed E-state index contributed by atoms with van der Waals surface area (Å²) < 4.78 is 6.67. The van der Waals surface area contributed by atoms with Crippen LogP contribution in [0.4, 0.5) is 17.1 Å². The summed E-state index contributed by atoms with van der Waals surface area (Å²) in [6.07, 6.45) is 0. The van der Waals surface area contributed by atoms with E-state index in [0.717, 1.165) is 61.1 Å². The Bertz CT molecular complexity index is 3270. The number of nitrogens with zero attached hydrogens (tertiary/aromatic N) is 1. The number of hydrogen-bond donors (Lipinski definition) is 0. The van der Waals surface area contributed by atoms with Gasteiger partial charge in [0.15, 0.2) is 0 Å². The fourth-order valence-electron chi connectivity index (χ4n) is 8.74. The molecular formula is C56H37NO. The van der Waals surface area contributed by atoms with E-state index in [9.17, 15) is 0 Å². The summed E-state index contributed by atoms with van der Waals surface area (Å²) >= 11 is 0. The van der Waals surface area contributed by atoms with Crippen LogP contribution in [0.5, 0.6) is 0 Å². The Balaban J connectivity index is 1.08. The summed E-state index contributed by atoms with van der Waals surface area (Å²) in [7, 11) is 0. The molecule has 0 saturated heterocycles. The van der Waals surface area contributed by atoms with Crippen LogP contribution in [0, 0.1) is 0 Å². The molecule has 11 rings (SSSR count). The molecule has 0 unspecified atom stereocenters. The summed E-state index contributed by atoms with van der Waals surface area (Å²) in [6, 6.07) is 80.6. The quantitative estimate of drug-likeness (QED) is 0.162. The van der Waals surface area contributed by atoms with Crippen molar-refractivity contribution in [3.8, 4) is 44.5 Å². The van der Waals surface area contributed by atoms with Gasteiger partial charge in [-0.3, -0.25) is 0 Å². The van der Waals surface area contributed by atoms with Gasteiger partial charge in [-0.2, -0.15) is 0 Å². The molecule has 0 aliphatic heterocycles. The first-order valence-corrected chi connectivity index (χ1v) is 19.8. The zero-order chi connectivity index (χ0) is 38.4. The van der Waals surface area contributed by atoms with Crippen molar-refractivity contribution < 1.29 is 4.42 Å². The predicted molar refractivity (Wildman–Crippen MR) is 245 cm³/mol. The van der Waals surface area contributed by atoms with E-state index in [0.29, 0.717) is 0 Å². The van der Waals surface area contributed by atoms with Crippen LogP contribution < -0.4 is 4.90 Å². The third-order valence-corrected chi connectivity index (χ3v) is 11.5. The van der Waals surface area contributed by atoms with Crippen LogP contribution in [0.1, 0.15) is 0 Å². The number of para-hydroxylation sites is 1. The number of fused-ring (bicyclic) bond motifs is 6. The van der Waals surface area contributed by atoms with Crippen LogP contribution in [0.2, 0.25) is 0 Å². The maximum atomic E-state index is 6.67.